The molecule has 94 valence electrons. The van der Waals surface area contributed by atoms with Gasteiger partial charge in [0.25, 0.3) is 0 Å². The van der Waals surface area contributed by atoms with Gasteiger partial charge in [-0.25, -0.2) is 0 Å². The first-order chi connectivity index (χ1) is 8.15. The molecule has 0 aliphatic carbocycles. The van der Waals surface area contributed by atoms with Gasteiger partial charge >= 0.3 is 0 Å². The SMILES string of the molecule is CN(C)CCNC(=O)C(CN)c1ccccc1. The Morgan fingerprint density at radius 3 is 2.53 bits per heavy atom. The lowest BCUT2D eigenvalue weighted by molar-refractivity contribution is -0.122. The minimum absolute atomic E-state index is 0.000509. The second-order valence-electron chi connectivity index (χ2n) is 4.29. The van der Waals surface area contributed by atoms with Crippen molar-refractivity contribution in [2.75, 3.05) is 33.7 Å². The van der Waals surface area contributed by atoms with Gasteiger partial charge in [-0.2, -0.15) is 0 Å². The van der Waals surface area contributed by atoms with E-state index >= 15 is 0 Å². The minimum atomic E-state index is -0.252. The van der Waals surface area contributed by atoms with Crippen molar-refractivity contribution in [2.45, 2.75) is 5.92 Å². The molecule has 0 bridgehead atoms. The van der Waals surface area contributed by atoms with Crippen LogP contribution < -0.4 is 11.1 Å². The van der Waals surface area contributed by atoms with Gasteiger partial charge in [0.1, 0.15) is 0 Å². The molecule has 1 aromatic rings. The average molecular weight is 235 g/mol. The zero-order chi connectivity index (χ0) is 12.7. The van der Waals surface area contributed by atoms with Crippen molar-refractivity contribution in [2.24, 2.45) is 5.73 Å². The molecule has 17 heavy (non-hydrogen) atoms. The van der Waals surface area contributed by atoms with Crippen LogP contribution in [0.1, 0.15) is 11.5 Å². The summed E-state index contributed by atoms with van der Waals surface area (Å²) in [7, 11) is 3.95. The normalized spacial score (nSPS) is 12.5. The number of carbonyl (C=O) groups is 1. The van der Waals surface area contributed by atoms with Crippen molar-refractivity contribution in [3.05, 3.63) is 35.9 Å². The van der Waals surface area contributed by atoms with Crippen LogP contribution in [0.15, 0.2) is 30.3 Å². The molecular weight excluding hydrogens is 214 g/mol. The fourth-order valence-electron chi connectivity index (χ4n) is 1.61. The molecule has 0 aliphatic rings. The second kappa shape index (κ2) is 7.04. The van der Waals surface area contributed by atoms with Gasteiger partial charge < -0.3 is 16.0 Å². The van der Waals surface area contributed by atoms with E-state index < -0.39 is 0 Å². The number of nitrogens with two attached hydrogens (primary N) is 1. The van der Waals surface area contributed by atoms with Crippen LogP contribution in [0, 0.1) is 0 Å². The number of carbonyl (C=O) groups excluding carboxylic acids is 1. The van der Waals surface area contributed by atoms with Crippen molar-refractivity contribution >= 4 is 5.91 Å². The molecule has 0 aliphatic heterocycles. The van der Waals surface area contributed by atoms with E-state index in [-0.39, 0.29) is 11.8 Å². The van der Waals surface area contributed by atoms with Gasteiger partial charge in [-0.3, -0.25) is 4.79 Å². The Kier molecular flexibility index (Phi) is 5.66. The monoisotopic (exact) mass is 235 g/mol. The number of nitrogens with one attached hydrogen (secondary N) is 1. The van der Waals surface area contributed by atoms with Crippen LogP contribution in [0.2, 0.25) is 0 Å². The Hall–Kier alpha value is -1.39. The molecule has 1 atom stereocenters. The van der Waals surface area contributed by atoms with Crippen LogP contribution in [-0.4, -0.2) is 44.5 Å². The lowest BCUT2D eigenvalue weighted by atomic mass is 9.98. The van der Waals surface area contributed by atoms with E-state index in [4.69, 9.17) is 5.73 Å². The molecule has 1 unspecified atom stereocenters. The third-order valence-electron chi connectivity index (χ3n) is 2.61. The van der Waals surface area contributed by atoms with Crippen LogP contribution in [0.3, 0.4) is 0 Å². The van der Waals surface area contributed by atoms with E-state index in [0.717, 1.165) is 12.1 Å². The highest BCUT2D eigenvalue weighted by atomic mass is 16.1. The summed E-state index contributed by atoms with van der Waals surface area (Å²) in [6.45, 7) is 1.81. The molecular formula is C13H21N3O. The summed E-state index contributed by atoms with van der Waals surface area (Å²) < 4.78 is 0. The number of hydrogen-bond acceptors (Lipinski definition) is 3. The first-order valence-electron chi connectivity index (χ1n) is 5.82. The number of rotatable bonds is 6. The molecule has 0 spiro atoms. The van der Waals surface area contributed by atoms with E-state index in [0.29, 0.717) is 13.1 Å². The largest absolute Gasteiger partial charge is 0.354 e. The maximum absolute atomic E-state index is 11.9. The molecule has 0 saturated heterocycles. The number of amides is 1. The standard InChI is InChI=1S/C13H21N3O/c1-16(2)9-8-15-13(17)12(10-14)11-6-4-3-5-7-11/h3-7,12H,8-10,14H2,1-2H3,(H,15,17). The zero-order valence-corrected chi connectivity index (χ0v) is 10.5. The molecule has 4 heteroatoms. The quantitative estimate of drug-likeness (QED) is 0.750. The lowest BCUT2D eigenvalue weighted by Gasteiger charge is -2.16. The number of likely N-dealkylation sites (N-methyl/N-ethyl adjacent to an activating group) is 1. The number of hydrogen-bond donors (Lipinski definition) is 2. The van der Waals surface area contributed by atoms with Crippen LogP contribution in [-0.2, 0) is 4.79 Å². The molecule has 3 N–H and O–H groups in total. The Labute approximate surface area is 103 Å². The maximum Gasteiger partial charge on any atom is 0.228 e. The highest BCUT2D eigenvalue weighted by molar-refractivity contribution is 5.83. The van der Waals surface area contributed by atoms with Crippen LogP contribution in [0.5, 0.6) is 0 Å². The van der Waals surface area contributed by atoms with E-state index in [1.165, 1.54) is 0 Å². The van der Waals surface area contributed by atoms with E-state index in [1.807, 2.05) is 49.3 Å². The molecule has 0 radical (unpaired) electrons. The molecule has 0 heterocycles. The fourth-order valence-corrected chi connectivity index (χ4v) is 1.61. The summed E-state index contributed by atoms with van der Waals surface area (Å²) in [6, 6.07) is 9.64. The average Bonchev–Trinajstić information content (AvgIpc) is 2.31. The molecule has 0 aromatic heterocycles. The molecule has 0 saturated carbocycles. The van der Waals surface area contributed by atoms with Crippen molar-refractivity contribution in [1.29, 1.82) is 0 Å². The first kappa shape index (κ1) is 13.7. The second-order valence-corrected chi connectivity index (χ2v) is 4.29. The molecule has 1 aromatic carbocycles. The van der Waals surface area contributed by atoms with Gasteiger partial charge in [0.15, 0.2) is 0 Å². The van der Waals surface area contributed by atoms with Gasteiger partial charge in [0.05, 0.1) is 5.92 Å². The summed E-state index contributed by atoms with van der Waals surface area (Å²) in [5.74, 6) is -0.251. The van der Waals surface area contributed by atoms with E-state index in [1.54, 1.807) is 0 Å². The summed E-state index contributed by atoms with van der Waals surface area (Å²) >= 11 is 0. The lowest BCUT2D eigenvalue weighted by Crippen LogP contribution is -2.37. The Bertz CT molecular complexity index is 338. The van der Waals surface area contributed by atoms with Crippen LogP contribution in [0.25, 0.3) is 0 Å². The molecule has 1 amide bonds. The molecule has 1 rings (SSSR count). The van der Waals surface area contributed by atoms with Gasteiger partial charge in [0, 0.05) is 19.6 Å². The van der Waals surface area contributed by atoms with Crippen molar-refractivity contribution in [3.63, 3.8) is 0 Å². The highest BCUT2D eigenvalue weighted by Crippen LogP contribution is 2.13. The predicted molar refractivity (Wildman–Crippen MR) is 69.8 cm³/mol. The zero-order valence-electron chi connectivity index (χ0n) is 10.5. The molecule has 4 nitrogen and oxygen atoms in total. The Balaban J connectivity index is 2.53. The minimum Gasteiger partial charge on any atom is -0.354 e. The van der Waals surface area contributed by atoms with Gasteiger partial charge in [-0.15, -0.1) is 0 Å². The third kappa shape index (κ3) is 4.54. The van der Waals surface area contributed by atoms with Gasteiger partial charge in [-0.05, 0) is 19.7 Å². The van der Waals surface area contributed by atoms with Crippen LogP contribution >= 0.6 is 0 Å². The van der Waals surface area contributed by atoms with Crippen molar-refractivity contribution < 1.29 is 4.79 Å². The summed E-state index contributed by atoms with van der Waals surface area (Å²) in [4.78, 5) is 14.0. The fraction of sp³-hybridized carbons (Fsp3) is 0.462. The first-order valence-corrected chi connectivity index (χ1v) is 5.82. The highest BCUT2D eigenvalue weighted by Gasteiger charge is 2.17. The van der Waals surface area contributed by atoms with Crippen LogP contribution in [0.4, 0.5) is 0 Å². The van der Waals surface area contributed by atoms with E-state index in [2.05, 4.69) is 5.32 Å². The summed E-state index contributed by atoms with van der Waals surface area (Å²) in [5.41, 5.74) is 6.64. The topological polar surface area (TPSA) is 58.4 Å². The van der Waals surface area contributed by atoms with E-state index in [9.17, 15) is 4.79 Å². The third-order valence-corrected chi connectivity index (χ3v) is 2.61. The number of nitrogens with zero attached hydrogens (tertiary/aromatic N) is 1. The Morgan fingerprint density at radius 2 is 2.00 bits per heavy atom. The number of benzene rings is 1. The summed E-state index contributed by atoms with van der Waals surface area (Å²) in [5, 5.41) is 2.90. The smallest absolute Gasteiger partial charge is 0.228 e. The van der Waals surface area contributed by atoms with Crippen molar-refractivity contribution in [3.8, 4) is 0 Å². The molecule has 0 fully saturated rings. The summed E-state index contributed by atoms with van der Waals surface area (Å²) in [6.07, 6.45) is 0. The Morgan fingerprint density at radius 1 is 1.35 bits per heavy atom. The maximum atomic E-state index is 11.9. The predicted octanol–water partition coefficient (Wildman–Crippen LogP) is 0.407. The van der Waals surface area contributed by atoms with Gasteiger partial charge in [0.2, 0.25) is 5.91 Å². The van der Waals surface area contributed by atoms with Gasteiger partial charge in [-0.1, -0.05) is 30.3 Å². The van der Waals surface area contributed by atoms with Crippen molar-refractivity contribution in [1.82, 2.24) is 10.2 Å².